The molecule has 9 nitrogen and oxygen atoms in total. The van der Waals surface area contributed by atoms with Crippen LogP contribution in [0.5, 0.6) is 0 Å². The van der Waals surface area contributed by atoms with E-state index in [0.29, 0.717) is 12.0 Å². The molecule has 0 aliphatic carbocycles. The number of nitrogens with zero attached hydrogens (tertiary/aromatic N) is 4. The minimum absolute atomic E-state index is 0.00273. The van der Waals surface area contributed by atoms with Gasteiger partial charge in [-0.3, -0.25) is 23.5 Å². The fraction of sp³-hybridized carbons (Fsp3) is 0.438. The highest BCUT2D eigenvalue weighted by Crippen LogP contribution is 2.14. The zero-order valence-electron chi connectivity index (χ0n) is 14.6. The summed E-state index contributed by atoms with van der Waals surface area (Å²) >= 11 is 0. The largest absolute Gasteiger partial charge is 0.480 e. The molecule has 0 saturated carbocycles. The summed E-state index contributed by atoms with van der Waals surface area (Å²) in [6, 6.07) is 1.45. The van der Waals surface area contributed by atoms with Crippen molar-refractivity contribution in [3.63, 3.8) is 0 Å². The number of amides is 1. The van der Waals surface area contributed by atoms with Gasteiger partial charge in [0.1, 0.15) is 17.9 Å². The van der Waals surface area contributed by atoms with Gasteiger partial charge < -0.3 is 10.0 Å². The Hall–Kier alpha value is -2.97. The lowest BCUT2D eigenvalue weighted by atomic mass is 10.1. The third kappa shape index (κ3) is 3.30. The van der Waals surface area contributed by atoms with Gasteiger partial charge >= 0.3 is 11.7 Å². The number of carboxylic acids is 1. The molecule has 25 heavy (non-hydrogen) atoms. The van der Waals surface area contributed by atoms with Crippen molar-refractivity contribution in [2.24, 2.45) is 14.1 Å². The van der Waals surface area contributed by atoms with Crippen molar-refractivity contribution in [3.8, 4) is 0 Å². The first-order valence-corrected chi connectivity index (χ1v) is 7.77. The fourth-order valence-electron chi connectivity index (χ4n) is 2.69. The first kappa shape index (κ1) is 18.4. The van der Waals surface area contributed by atoms with E-state index in [1.54, 1.807) is 6.92 Å². The Morgan fingerprint density at radius 3 is 2.44 bits per heavy atom. The lowest BCUT2D eigenvalue weighted by Gasteiger charge is -2.20. The number of hydrogen-bond donors (Lipinski definition) is 1. The molecule has 9 heteroatoms. The second kappa shape index (κ2) is 6.88. The summed E-state index contributed by atoms with van der Waals surface area (Å²) < 4.78 is 2.17. The maximum absolute atomic E-state index is 12.6. The van der Waals surface area contributed by atoms with E-state index in [1.165, 1.54) is 29.6 Å². The molecule has 0 aromatic carbocycles. The molecule has 0 spiro atoms. The van der Waals surface area contributed by atoms with Crippen molar-refractivity contribution < 1.29 is 14.7 Å². The van der Waals surface area contributed by atoms with Crippen LogP contribution in [-0.4, -0.2) is 49.1 Å². The number of carbonyl (C=O) groups is 2. The topological polar surface area (TPSA) is 115 Å². The molecule has 0 radical (unpaired) electrons. The molecule has 0 fully saturated rings. The van der Waals surface area contributed by atoms with E-state index in [4.69, 9.17) is 5.11 Å². The Morgan fingerprint density at radius 2 is 1.88 bits per heavy atom. The fourth-order valence-corrected chi connectivity index (χ4v) is 2.69. The van der Waals surface area contributed by atoms with Crippen LogP contribution in [0.15, 0.2) is 15.7 Å². The van der Waals surface area contributed by atoms with Crippen LogP contribution in [0.2, 0.25) is 0 Å². The van der Waals surface area contributed by atoms with Crippen LogP contribution in [0.25, 0.3) is 11.0 Å². The number of aliphatic carboxylic acids is 1. The number of pyridine rings is 1. The van der Waals surface area contributed by atoms with Crippen LogP contribution in [0.3, 0.4) is 0 Å². The number of aryl methyl sites for hydroxylation is 2. The summed E-state index contributed by atoms with van der Waals surface area (Å²) in [6.07, 6.45) is 0.588. The van der Waals surface area contributed by atoms with Gasteiger partial charge in [-0.05, 0) is 25.0 Å². The zero-order chi connectivity index (χ0) is 18.9. The predicted octanol–water partition coefficient (Wildman–Crippen LogP) is -0.123. The Kier molecular flexibility index (Phi) is 5.05. The van der Waals surface area contributed by atoms with Crippen LogP contribution >= 0.6 is 0 Å². The van der Waals surface area contributed by atoms with Gasteiger partial charge in [-0.25, -0.2) is 9.78 Å². The second-order valence-corrected chi connectivity index (χ2v) is 5.85. The SMILES string of the molecule is CCCN(CC(=O)O)C(=O)c1cc(C)c2c(=O)n(C)c(=O)n(C)c2n1. The van der Waals surface area contributed by atoms with E-state index in [1.807, 2.05) is 6.92 Å². The number of carbonyl (C=O) groups excluding carboxylic acids is 1. The summed E-state index contributed by atoms with van der Waals surface area (Å²) in [5.74, 6) is -1.68. The van der Waals surface area contributed by atoms with Crippen LogP contribution < -0.4 is 11.2 Å². The number of aromatic nitrogens is 3. The van der Waals surface area contributed by atoms with Crippen molar-refractivity contribution in [1.29, 1.82) is 0 Å². The van der Waals surface area contributed by atoms with Gasteiger partial charge in [-0.15, -0.1) is 0 Å². The third-order valence-electron chi connectivity index (χ3n) is 3.93. The smallest absolute Gasteiger partial charge is 0.332 e. The molecule has 134 valence electrons. The molecule has 2 rings (SSSR count). The van der Waals surface area contributed by atoms with Gasteiger partial charge in [0.05, 0.1) is 5.39 Å². The van der Waals surface area contributed by atoms with Crippen LogP contribution in [0, 0.1) is 6.92 Å². The van der Waals surface area contributed by atoms with E-state index in [0.717, 1.165) is 4.57 Å². The Balaban J connectivity index is 2.68. The first-order valence-electron chi connectivity index (χ1n) is 7.77. The zero-order valence-corrected chi connectivity index (χ0v) is 14.6. The number of hydrogen-bond acceptors (Lipinski definition) is 5. The van der Waals surface area contributed by atoms with E-state index in [-0.39, 0.29) is 23.3 Å². The monoisotopic (exact) mass is 348 g/mol. The Bertz CT molecular complexity index is 973. The molecular weight excluding hydrogens is 328 g/mol. The van der Waals surface area contributed by atoms with Crippen molar-refractivity contribution >= 4 is 22.9 Å². The number of carboxylic acid groups (broad SMARTS) is 1. The van der Waals surface area contributed by atoms with E-state index in [2.05, 4.69) is 4.98 Å². The summed E-state index contributed by atoms with van der Waals surface area (Å²) in [4.78, 5) is 53.4. The first-order chi connectivity index (χ1) is 11.7. The molecule has 0 saturated heterocycles. The normalized spacial score (nSPS) is 10.9. The summed E-state index contributed by atoms with van der Waals surface area (Å²) in [5, 5.41) is 9.23. The third-order valence-corrected chi connectivity index (χ3v) is 3.93. The molecule has 2 aromatic heterocycles. The van der Waals surface area contributed by atoms with E-state index >= 15 is 0 Å². The average Bonchev–Trinajstić information content (AvgIpc) is 2.55. The van der Waals surface area contributed by atoms with Crippen molar-refractivity contribution in [2.75, 3.05) is 13.1 Å². The maximum atomic E-state index is 12.6. The predicted molar refractivity (Wildman–Crippen MR) is 90.8 cm³/mol. The van der Waals surface area contributed by atoms with Crippen LogP contribution in [-0.2, 0) is 18.9 Å². The number of rotatable bonds is 5. The molecule has 1 N–H and O–H groups in total. The summed E-state index contributed by atoms with van der Waals surface area (Å²) in [5.41, 5.74) is -0.439. The summed E-state index contributed by atoms with van der Waals surface area (Å²) in [6.45, 7) is 3.29. The molecule has 2 aromatic rings. The van der Waals surface area contributed by atoms with Crippen molar-refractivity contribution in [3.05, 3.63) is 38.2 Å². The second-order valence-electron chi connectivity index (χ2n) is 5.85. The van der Waals surface area contributed by atoms with Gasteiger partial charge in [-0.2, -0.15) is 0 Å². The highest BCUT2D eigenvalue weighted by molar-refractivity contribution is 5.96. The maximum Gasteiger partial charge on any atom is 0.332 e. The minimum Gasteiger partial charge on any atom is -0.480 e. The highest BCUT2D eigenvalue weighted by Gasteiger charge is 2.22. The van der Waals surface area contributed by atoms with Gasteiger partial charge in [0.25, 0.3) is 11.5 Å². The quantitative estimate of drug-likeness (QED) is 0.805. The summed E-state index contributed by atoms with van der Waals surface area (Å²) in [7, 11) is 2.84. The van der Waals surface area contributed by atoms with Gasteiger partial charge in [0.2, 0.25) is 0 Å². The molecule has 0 unspecified atom stereocenters. The van der Waals surface area contributed by atoms with Crippen molar-refractivity contribution in [1.82, 2.24) is 19.0 Å². The average molecular weight is 348 g/mol. The minimum atomic E-state index is -1.12. The molecule has 0 aliphatic heterocycles. The van der Waals surface area contributed by atoms with Gasteiger partial charge in [0, 0.05) is 20.6 Å². The van der Waals surface area contributed by atoms with Crippen LogP contribution in [0.1, 0.15) is 29.4 Å². The molecule has 0 aliphatic rings. The standard InChI is InChI=1S/C16H20N4O5/c1-5-6-20(8-11(21)22)14(23)10-7-9(2)12-13(17-10)18(3)16(25)19(4)15(12)24/h7H,5-6,8H2,1-4H3,(H,21,22). The van der Waals surface area contributed by atoms with Gasteiger partial charge in [0.15, 0.2) is 0 Å². The van der Waals surface area contributed by atoms with E-state index in [9.17, 15) is 19.2 Å². The Morgan fingerprint density at radius 1 is 1.24 bits per heavy atom. The highest BCUT2D eigenvalue weighted by atomic mass is 16.4. The van der Waals surface area contributed by atoms with Gasteiger partial charge in [-0.1, -0.05) is 6.92 Å². The lowest BCUT2D eigenvalue weighted by molar-refractivity contribution is -0.137. The number of fused-ring (bicyclic) bond motifs is 1. The molecular formula is C16H20N4O5. The molecule has 0 atom stereocenters. The molecule has 0 bridgehead atoms. The van der Waals surface area contributed by atoms with E-state index < -0.39 is 29.7 Å². The molecule has 1 amide bonds. The Labute approximate surface area is 143 Å². The lowest BCUT2D eigenvalue weighted by Crippen LogP contribution is -2.39. The van der Waals surface area contributed by atoms with Crippen LogP contribution in [0.4, 0.5) is 0 Å². The molecule has 2 heterocycles. The van der Waals surface area contributed by atoms with Crippen molar-refractivity contribution in [2.45, 2.75) is 20.3 Å².